The SMILES string of the molecule is CNC1CCN(S(=O)(=O)c2cccc3c(=O)[nH]ccc23)C1. The van der Waals surface area contributed by atoms with Gasteiger partial charge in [0.05, 0.1) is 4.90 Å². The van der Waals surface area contributed by atoms with Crippen molar-refractivity contribution in [2.75, 3.05) is 20.1 Å². The molecule has 0 aliphatic carbocycles. The van der Waals surface area contributed by atoms with Gasteiger partial charge < -0.3 is 10.3 Å². The third-order valence-corrected chi connectivity index (χ3v) is 5.88. The fourth-order valence-electron chi connectivity index (χ4n) is 2.74. The number of rotatable bonds is 3. The molecular formula is C14H17N3O3S. The number of hydrogen-bond acceptors (Lipinski definition) is 4. The maximum atomic E-state index is 12.8. The first-order valence-corrected chi connectivity index (χ1v) is 8.26. The number of likely N-dealkylation sites (N-methyl/N-ethyl adjacent to an activating group) is 1. The van der Waals surface area contributed by atoms with Gasteiger partial charge in [-0.25, -0.2) is 8.42 Å². The van der Waals surface area contributed by atoms with Crippen molar-refractivity contribution in [2.45, 2.75) is 17.4 Å². The Morgan fingerprint density at radius 1 is 1.29 bits per heavy atom. The van der Waals surface area contributed by atoms with Gasteiger partial charge in [0.2, 0.25) is 10.0 Å². The number of hydrogen-bond donors (Lipinski definition) is 2. The van der Waals surface area contributed by atoms with Gasteiger partial charge in [-0.1, -0.05) is 6.07 Å². The van der Waals surface area contributed by atoms with Crippen LogP contribution >= 0.6 is 0 Å². The van der Waals surface area contributed by atoms with E-state index in [1.165, 1.54) is 10.5 Å². The Balaban J connectivity index is 2.12. The van der Waals surface area contributed by atoms with Gasteiger partial charge in [0.25, 0.3) is 5.56 Å². The Morgan fingerprint density at radius 2 is 2.10 bits per heavy atom. The number of nitrogens with one attached hydrogen (secondary N) is 2. The van der Waals surface area contributed by atoms with E-state index in [1.54, 1.807) is 24.3 Å². The van der Waals surface area contributed by atoms with Gasteiger partial charge in [0, 0.05) is 36.1 Å². The highest BCUT2D eigenvalue weighted by atomic mass is 32.2. The average Bonchev–Trinajstić information content (AvgIpc) is 2.97. The van der Waals surface area contributed by atoms with Crippen molar-refractivity contribution in [3.8, 4) is 0 Å². The van der Waals surface area contributed by atoms with Crippen LogP contribution in [0.15, 0.2) is 40.2 Å². The third kappa shape index (κ3) is 2.37. The smallest absolute Gasteiger partial charge is 0.255 e. The summed E-state index contributed by atoms with van der Waals surface area (Å²) < 4.78 is 27.1. The van der Waals surface area contributed by atoms with Crippen LogP contribution in [0, 0.1) is 0 Å². The summed E-state index contributed by atoms with van der Waals surface area (Å²) >= 11 is 0. The van der Waals surface area contributed by atoms with Crippen molar-refractivity contribution in [1.29, 1.82) is 0 Å². The van der Waals surface area contributed by atoms with E-state index in [4.69, 9.17) is 0 Å². The Bertz CT molecular complexity index is 829. The van der Waals surface area contributed by atoms with Crippen LogP contribution in [0.3, 0.4) is 0 Å². The van der Waals surface area contributed by atoms with E-state index in [2.05, 4.69) is 10.3 Å². The molecule has 112 valence electrons. The predicted molar refractivity (Wildman–Crippen MR) is 80.8 cm³/mol. The van der Waals surface area contributed by atoms with Gasteiger partial charge >= 0.3 is 0 Å². The molecule has 7 heteroatoms. The molecule has 2 aromatic rings. The van der Waals surface area contributed by atoms with Crippen LogP contribution in [-0.2, 0) is 10.0 Å². The van der Waals surface area contributed by atoms with Gasteiger partial charge in [-0.2, -0.15) is 4.31 Å². The molecule has 1 atom stereocenters. The highest BCUT2D eigenvalue weighted by molar-refractivity contribution is 7.89. The van der Waals surface area contributed by atoms with Crippen LogP contribution in [0.4, 0.5) is 0 Å². The van der Waals surface area contributed by atoms with Crippen LogP contribution in [0.25, 0.3) is 10.8 Å². The first-order valence-electron chi connectivity index (χ1n) is 6.82. The van der Waals surface area contributed by atoms with E-state index in [-0.39, 0.29) is 16.5 Å². The van der Waals surface area contributed by atoms with E-state index in [0.717, 1.165) is 6.42 Å². The lowest BCUT2D eigenvalue weighted by Crippen LogP contribution is -2.33. The average molecular weight is 307 g/mol. The summed E-state index contributed by atoms with van der Waals surface area (Å²) in [4.78, 5) is 14.6. The topological polar surface area (TPSA) is 82.3 Å². The van der Waals surface area contributed by atoms with Crippen molar-refractivity contribution < 1.29 is 8.42 Å². The quantitative estimate of drug-likeness (QED) is 0.865. The number of H-pyrrole nitrogens is 1. The van der Waals surface area contributed by atoms with Gasteiger partial charge in [-0.3, -0.25) is 4.79 Å². The number of pyridine rings is 1. The molecule has 0 saturated carbocycles. The van der Waals surface area contributed by atoms with Crippen LogP contribution in [-0.4, -0.2) is 43.9 Å². The van der Waals surface area contributed by atoms with Crippen LogP contribution in [0.5, 0.6) is 0 Å². The molecular weight excluding hydrogens is 290 g/mol. The maximum absolute atomic E-state index is 12.8. The molecule has 1 aromatic heterocycles. The minimum Gasteiger partial charge on any atom is -0.329 e. The van der Waals surface area contributed by atoms with Crippen molar-refractivity contribution in [3.63, 3.8) is 0 Å². The summed E-state index contributed by atoms with van der Waals surface area (Å²) in [5, 5.41) is 3.96. The van der Waals surface area contributed by atoms with E-state index in [1.807, 2.05) is 7.05 Å². The summed E-state index contributed by atoms with van der Waals surface area (Å²) in [7, 11) is -1.75. The number of fused-ring (bicyclic) bond motifs is 1. The van der Waals surface area contributed by atoms with E-state index < -0.39 is 10.0 Å². The summed E-state index contributed by atoms with van der Waals surface area (Å²) in [6, 6.07) is 6.61. The molecule has 3 rings (SSSR count). The number of sulfonamides is 1. The van der Waals surface area contributed by atoms with Crippen molar-refractivity contribution in [2.24, 2.45) is 0 Å². The molecule has 1 fully saturated rings. The monoisotopic (exact) mass is 307 g/mol. The second kappa shape index (κ2) is 5.25. The minimum absolute atomic E-state index is 0.179. The van der Waals surface area contributed by atoms with Gasteiger partial charge in [0.1, 0.15) is 0 Å². The molecule has 0 bridgehead atoms. The van der Waals surface area contributed by atoms with Crippen LogP contribution in [0.1, 0.15) is 6.42 Å². The normalized spacial score (nSPS) is 20.1. The molecule has 1 unspecified atom stereocenters. The first-order chi connectivity index (χ1) is 10.0. The maximum Gasteiger partial charge on any atom is 0.255 e. The largest absolute Gasteiger partial charge is 0.329 e. The number of aromatic nitrogens is 1. The number of nitrogens with zero attached hydrogens (tertiary/aromatic N) is 1. The van der Waals surface area contributed by atoms with Gasteiger partial charge in [-0.05, 0) is 31.7 Å². The van der Waals surface area contributed by atoms with Gasteiger partial charge in [0.15, 0.2) is 0 Å². The molecule has 1 saturated heterocycles. The van der Waals surface area contributed by atoms with Crippen LogP contribution in [0.2, 0.25) is 0 Å². The molecule has 6 nitrogen and oxygen atoms in total. The lowest BCUT2D eigenvalue weighted by molar-refractivity contribution is 0.465. The second-order valence-corrected chi connectivity index (χ2v) is 7.07. The molecule has 21 heavy (non-hydrogen) atoms. The fourth-order valence-corrected chi connectivity index (χ4v) is 4.45. The number of benzene rings is 1. The van der Waals surface area contributed by atoms with Crippen molar-refractivity contribution in [3.05, 3.63) is 40.8 Å². The zero-order valence-electron chi connectivity index (χ0n) is 11.7. The zero-order valence-corrected chi connectivity index (χ0v) is 12.5. The summed E-state index contributed by atoms with van der Waals surface area (Å²) in [6.07, 6.45) is 2.27. The predicted octanol–water partition coefficient (Wildman–Crippen LogP) is 0.511. The highest BCUT2D eigenvalue weighted by Crippen LogP contribution is 2.26. The van der Waals surface area contributed by atoms with Gasteiger partial charge in [-0.15, -0.1) is 0 Å². The number of aromatic amines is 1. The molecule has 1 aromatic carbocycles. The summed E-state index contributed by atoms with van der Waals surface area (Å²) in [5.74, 6) is 0. The Hall–Kier alpha value is -1.70. The lowest BCUT2D eigenvalue weighted by Gasteiger charge is -2.17. The summed E-state index contributed by atoms with van der Waals surface area (Å²) in [5.41, 5.74) is -0.279. The second-order valence-electron chi connectivity index (χ2n) is 5.16. The molecule has 2 N–H and O–H groups in total. The Morgan fingerprint density at radius 3 is 2.81 bits per heavy atom. The van der Waals surface area contributed by atoms with Crippen molar-refractivity contribution >= 4 is 20.8 Å². The van der Waals surface area contributed by atoms with E-state index in [0.29, 0.717) is 23.9 Å². The van der Waals surface area contributed by atoms with Crippen molar-refractivity contribution in [1.82, 2.24) is 14.6 Å². The molecule has 2 heterocycles. The van der Waals surface area contributed by atoms with E-state index in [9.17, 15) is 13.2 Å². The fraction of sp³-hybridized carbons (Fsp3) is 0.357. The molecule has 0 radical (unpaired) electrons. The first kappa shape index (κ1) is 14.2. The minimum atomic E-state index is -3.58. The molecule has 1 aliphatic heterocycles. The zero-order chi connectivity index (χ0) is 15.0. The molecule has 1 aliphatic rings. The Labute approximate surface area is 122 Å². The van der Waals surface area contributed by atoms with Crippen LogP contribution < -0.4 is 10.9 Å². The third-order valence-electron chi connectivity index (χ3n) is 3.95. The molecule has 0 amide bonds. The molecule has 0 spiro atoms. The highest BCUT2D eigenvalue weighted by Gasteiger charge is 2.32. The summed E-state index contributed by atoms with van der Waals surface area (Å²) in [6.45, 7) is 0.950. The Kier molecular flexibility index (Phi) is 3.56. The standard InChI is InChI=1S/C14H17N3O3S/c1-15-10-6-8-17(9-10)21(19,20)13-4-2-3-12-11(13)5-7-16-14(12)18/h2-5,7,10,15H,6,8-9H2,1H3,(H,16,18). The van der Waals surface area contributed by atoms with E-state index >= 15 is 0 Å². The lowest BCUT2D eigenvalue weighted by atomic mass is 10.2.